The second kappa shape index (κ2) is 6.33. The fourth-order valence-corrected chi connectivity index (χ4v) is 1.83. The SMILES string of the molecule is CC1C=NN(c2ccc(OCCCN)cc2)C(=O)C1. The van der Waals surface area contributed by atoms with Crippen LogP contribution in [0, 0.1) is 5.92 Å². The molecule has 1 aromatic carbocycles. The third-order valence-electron chi connectivity index (χ3n) is 2.87. The highest BCUT2D eigenvalue weighted by Gasteiger charge is 2.21. The van der Waals surface area contributed by atoms with Gasteiger partial charge < -0.3 is 10.5 Å². The maximum atomic E-state index is 11.9. The van der Waals surface area contributed by atoms with E-state index in [1.54, 1.807) is 6.21 Å². The van der Waals surface area contributed by atoms with E-state index in [-0.39, 0.29) is 11.8 Å². The molecule has 1 aliphatic heterocycles. The standard InChI is InChI=1S/C14H19N3O2/c1-11-9-14(18)17(16-10-11)12-3-5-13(6-4-12)19-8-2-7-15/h3-6,10-11H,2,7-9,15H2,1H3. The molecule has 5 nitrogen and oxygen atoms in total. The maximum absolute atomic E-state index is 11.9. The van der Waals surface area contributed by atoms with Crippen molar-refractivity contribution in [3.05, 3.63) is 24.3 Å². The minimum Gasteiger partial charge on any atom is -0.494 e. The van der Waals surface area contributed by atoms with E-state index in [0.29, 0.717) is 19.6 Å². The molecule has 0 radical (unpaired) electrons. The molecule has 0 saturated carbocycles. The smallest absolute Gasteiger partial charge is 0.248 e. The molecule has 1 amide bonds. The van der Waals surface area contributed by atoms with Gasteiger partial charge in [0.2, 0.25) is 5.91 Å². The molecule has 5 heteroatoms. The van der Waals surface area contributed by atoms with Crippen molar-refractivity contribution in [1.82, 2.24) is 0 Å². The molecule has 102 valence electrons. The van der Waals surface area contributed by atoms with Crippen molar-refractivity contribution in [1.29, 1.82) is 0 Å². The van der Waals surface area contributed by atoms with Gasteiger partial charge in [-0.05, 0) is 37.2 Å². The van der Waals surface area contributed by atoms with Crippen LogP contribution in [-0.2, 0) is 4.79 Å². The summed E-state index contributed by atoms with van der Waals surface area (Å²) in [4.78, 5) is 11.9. The Kier molecular flexibility index (Phi) is 4.52. The highest BCUT2D eigenvalue weighted by Crippen LogP contribution is 2.23. The Hall–Kier alpha value is -1.88. The molecule has 1 unspecified atom stereocenters. The minimum absolute atomic E-state index is 0.0202. The third-order valence-corrected chi connectivity index (χ3v) is 2.87. The van der Waals surface area contributed by atoms with E-state index in [9.17, 15) is 4.79 Å². The molecule has 19 heavy (non-hydrogen) atoms. The molecule has 0 fully saturated rings. The van der Waals surface area contributed by atoms with Crippen LogP contribution in [0.3, 0.4) is 0 Å². The zero-order chi connectivity index (χ0) is 13.7. The second-order valence-electron chi connectivity index (χ2n) is 4.64. The van der Waals surface area contributed by atoms with Gasteiger partial charge in [-0.15, -0.1) is 0 Å². The van der Waals surface area contributed by atoms with Crippen LogP contribution in [0.25, 0.3) is 0 Å². The number of rotatable bonds is 5. The van der Waals surface area contributed by atoms with Crippen molar-refractivity contribution in [2.45, 2.75) is 19.8 Å². The molecule has 1 aliphatic rings. The summed E-state index contributed by atoms with van der Waals surface area (Å²) >= 11 is 0. The van der Waals surface area contributed by atoms with Crippen LogP contribution >= 0.6 is 0 Å². The summed E-state index contributed by atoms with van der Waals surface area (Å²) in [6, 6.07) is 7.35. The van der Waals surface area contributed by atoms with Gasteiger partial charge in [-0.1, -0.05) is 6.92 Å². The summed E-state index contributed by atoms with van der Waals surface area (Å²) in [7, 11) is 0. The van der Waals surface area contributed by atoms with Crippen LogP contribution in [0.4, 0.5) is 5.69 Å². The summed E-state index contributed by atoms with van der Waals surface area (Å²) in [5.74, 6) is 1.01. The van der Waals surface area contributed by atoms with E-state index in [1.807, 2.05) is 31.2 Å². The Morgan fingerprint density at radius 2 is 2.16 bits per heavy atom. The fourth-order valence-electron chi connectivity index (χ4n) is 1.83. The lowest BCUT2D eigenvalue weighted by Crippen LogP contribution is -2.31. The van der Waals surface area contributed by atoms with E-state index in [2.05, 4.69) is 5.10 Å². The Morgan fingerprint density at radius 3 is 2.79 bits per heavy atom. The topological polar surface area (TPSA) is 67.9 Å². The zero-order valence-electron chi connectivity index (χ0n) is 11.1. The Labute approximate surface area is 113 Å². The lowest BCUT2D eigenvalue weighted by Gasteiger charge is -2.22. The van der Waals surface area contributed by atoms with Crippen molar-refractivity contribution in [3.63, 3.8) is 0 Å². The van der Waals surface area contributed by atoms with Gasteiger partial charge >= 0.3 is 0 Å². The summed E-state index contributed by atoms with van der Waals surface area (Å²) in [5.41, 5.74) is 6.16. The van der Waals surface area contributed by atoms with E-state index in [1.165, 1.54) is 5.01 Å². The van der Waals surface area contributed by atoms with Gasteiger partial charge in [0.1, 0.15) is 5.75 Å². The number of nitrogens with zero attached hydrogens (tertiary/aromatic N) is 2. The number of carbonyl (C=O) groups excluding carboxylic acids is 1. The van der Waals surface area contributed by atoms with Crippen LogP contribution in [0.1, 0.15) is 19.8 Å². The number of hydrogen-bond acceptors (Lipinski definition) is 4. The average Bonchev–Trinajstić information content (AvgIpc) is 2.40. The highest BCUT2D eigenvalue weighted by molar-refractivity contribution is 5.97. The third kappa shape index (κ3) is 3.54. The van der Waals surface area contributed by atoms with Crippen LogP contribution in [-0.4, -0.2) is 25.3 Å². The Bertz CT molecular complexity index is 456. The van der Waals surface area contributed by atoms with Gasteiger partial charge in [0.25, 0.3) is 0 Å². The first-order valence-electron chi connectivity index (χ1n) is 6.50. The van der Waals surface area contributed by atoms with E-state index in [0.717, 1.165) is 17.9 Å². The van der Waals surface area contributed by atoms with Gasteiger partial charge in [0.05, 0.1) is 12.3 Å². The summed E-state index contributed by atoms with van der Waals surface area (Å²) in [6.07, 6.45) is 3.12. The summed E-state index contributed by atoms with van der Waals surface area (Å²) in [5, 5.41) is 5.60. The number of amides is 1. The largest absolute Gasteiger partial charge is 0.494 e. The Morgan fingerprint density at radius 1 is 1.42 bits per heavy atom. The van der Waals surface area contributed by atoms with Crippen molar-refractivity contribution >= 4 is 17.8 Å². The molecule has 0 saturated heterocycles. The van der Waals surface area contributed by atoms with Gasteiger partial charge in [0.15, 0.2) is 0 Å². The number of nitrogens with two attached hydrogens (primary N) is 1. The molecule has 2 N–H and O–H groups in total. The molecular formula is C14H19N3O2. The number of hydrogen-bond donors (Lipinski definition) is 1. The van der Waals surface area contributed by atoms with Gasteiger partial charge in [-0.25, -0.2) is 5.01 Å². The van der Waals surface area contributed by atoms with E-state index >= 15 is 0 Å². The first-order valence-corrected chi connectivity index (χ1v) is 6.50. The zero-order valence-corrected chi connectivity index (χ0v) is 11.1. The molecule has 1 atom stereocenters. The van der Waals surface area contributed by atoms with E-state index in [4.69, 9.17) is 10.5 Å². The molecule has 0 aromatic heterocycles. The molecular weight excluding hydrogens is 242 g/mol. The van der Waals surface area contributed by atoms with Crippen molar-refractivity contribution in [2.75, 3.05) is 18.2 Å². The number of carbonyl (C=O) groups is 1. The van der Waals surface area contributed by atoms with Crippen LogP contribution < -0.4 is 15.5 Å². The first-order chi connectivity index (χ1) is 9.20. The number of ether oxygens (including phenoxy) is 1. The molecule has 0 spiro atoms. The number of hydrazone groups is 1. The Balaban J connectivity index is 2.02. The fraction of sp³-hybridized carbons (Fsp3) is 0.429. The second-order valence-corrected chi connectivity index (χ2v) is 4.64. The lowest BCUT2D eigenvalue weighted by atomic mass is 10.1. The molecule has 1 aromatic rings. The molecule has 1 heterocycles. The van der Waals surface area contributed by atoms with Crippen LogP contribution in [0.15, 0.2) is 29.4 Å². The molecule has 0 bridgehead atoms. The van der Waals surface area contributed by atoms with Crippen LogP contribution in [0.5, 0.6) is 5.75 Å². The quantitative estimate of drug-likeness (QED) is 0.821. The van der Waals surface area contributed by atoms with Crippen molar-refractivity contribution in [2.24, 2.45) is 16.8 Å². The number of anilines is 1. The van der Waals surface area contributed by atoms with Crippen molar-refractivity contribution in [3.8, 4) is 5.75 Å². The summed E-state index contributed by atoms with van der Waals surface area (Å²) in [6.45, 7) is 3.20. The minimum atomic E-state index is 0.0202. The predicted octanol–water partition coefficient (Wildman–Crippen LogP) is 1.77. The average molecular weight is 261 g/mol. The van der Waals surface area contributed by atoms with Crippen molar-refractivity contribution < 1.29 is 9.53 Å². The first kappa shape index (κ1) is 13.5. The number of benzene rings is 1. The normalized spacial score (nSPS) is 18.7. The van der Waals surface area contributed by atoms with Gasteiger partial charge in [0, 0.05) is 18.6 Å². The molecule has 2 rings (SSSR count). The van der Waals surface area contributed by atoms with E-state index < -0.39 is 0 Å². The van der Waals surface area contributed by atoms with Gasteiger partial charge in [-0.3, -0.25) is 4.79 Å². The predicted molar refractivity (Wildman–Crippen MR) is 75.4 cm³/mol. The monoisotopic (exact) mass is 261 g/mol. The molecule has 0 aliphatic carbocycles. The highest BCUT2D eigenvalue weighted by atomic mass is 16.5. The summed E-state index contributed by atoms with van der Waals surface area (Å²) < 4.78 is 5.51. The van der Waals surface area contributed by atoms with Crippen LogP contribution in [0.2, 0.25) is 0 Å². The lowest BCUT2D eigenvalue weighted by molar-refractivity contribution is -0.119. The maximum Gasteiger partial charge on any atom is 0.248 e. The van der Waals surface area contributed by atoms with Gasteiger partial charge in [-0.2, -0.15) is 5.10 Å².